The second-order valence-corrected chi connectivity index (χ2v) is 24.4. The Morgan fingerprint density at radius 3 is 1.25 bits per heavy atom. The molecular weight excluding hydrogens is 1360 g/mol. The van der Waals surface area contributed by atoms with E-state index in [1.165, 1.54) is 71.8 Å². The van der Waals surface area contributed by atoms with Gasteiger partial charge in [-0.15, -0.1) is 10.2 Å². The molecule has 8 aromatic heterocycles. The number of aromatic nitrogens is 10. The highest BCUT2D eigenvalue weighted by Crippen LogP contribution is 2.28. The lowest BCUT2D eigenvalue weighted by Crippen LogP contribution is -2.37. The molecule has 542 valence electrons. The molecule has 16 rings (SSSR count). The minimum atomic E-state index is -0.334. The first kappa shape index (κ1) is 75.1. The van der Waals surface area contributed by atoms with Crippen molar-refractivity contribution in [2.45, 2.75) is 32.2 Å². The van der Waals surface area contributed by atoms with Gasteiger partial charge in [-0.3, -0.25) is 29.6 Å². The fourth-order valence-corrected chi connectivity index (χ4v) is 11.1. The van der Waals surface area contributed by atoms with Crippen LogP contribution in [0.25, 0.3) is 33.8 Å². The van der Waals surface area contributed by atoms with E-state index in [0.29, 0.717) is 53.8 Å². The predicted octanol–water partition coefficient (Wildman–Crippen LogP) is 15.1. The summed E-state index contributed by atoms with van der Waals surface area (Å²) in [5.41, 5.74) is 23.5. The number of rotatable bonds is 15. The number of nitrogens with one attached hydrogen (secondary N) is 1. The number of benzene rings is 6. The van der Waals surface area contributed by atoms with Crippen LogP contribution in [0.4, 0.5) is 56.7 Å². The topological polar surface area (TPSA) is 238 Å². The molecule has 0 saturated carbocycles. The third kappa shape index (κ3) is 23.0. The van der Waals surface area contributed by atoms with E-state index < -0.39 is 0 Å². The number of morpholine rings is 2. The number of urea groups is 1. The molecule has 6 aromatic carbocycles. The maximum absolute atomic E-state index is 13.4. The van der Waals surface area contributed by atoms with Crippen LogP contribution in [-0.2, 0) is 41.7 Å². The second kappa shape index (κ2) is 39.0. The van der Waals surface area contributed by atoms with E-state index in [1.54, 1.807) is 78.5 Å². The number of pyridine rings is 4. The van der Waals surface area contributed by atoms with Crippen LogP contribution in [0.5, 0.6) is 0 Å². The van der Waals surface area contributed by atoms with Gasteiger partial charge < -0.3 is 36.1 Å². The number of fused-ring (bicyclic) bond motifs is 2. The molecular formula is C83H78F4N16O4. The molecule has 2 fully saturated rings. The minimum absolute atomic E-state index is 0.180. The molecule has 107 heavy (non-hydrogen) atoms. The summed E-state index contributed by atoms with van der Waals surface area (Å²) in [6.45, 7) is 6.28. The molecule has 2 saturated heterocycles. The number of halogens is 4. The van der Waals surface area contributed by atoms with Gasteiger partial charge in [0.2, 0.25) is 0 Å². The Morgan fingerprint density at radius 2 is 0.850 bits per heavy atom. The van der Waals surface area contributed by atoms with Crippen molar-refractivity contribution in [2.75, 3.05) is 84.1 Å². The van der Waals surface area contributed by atoms with Crippen molar-refractivity contribution >= 4 is 57.7 Å². The first-order valence-corrected chi connectivity index (χ1v) is 34.5. The fraction of sp³-hybridized carbons (Fsp3) is 0.157. The molecule has 0 atom stereocenters. The van der Waals surface area contributed by atoms with Crippen LogP contribution in [0.3, 0.4) is 0 Å². The summed E-state index contributed by atoms with van der Waals surface area (Å²) < 4.78 is 65.5. The van der Waals surface area contributed by atoms with E-state index in [2.05, 4.69) is 52.3 Å². The normalized spacial score (nSPS) is 12.2. The van der Waals surface area contributed by atoms with Crippen LogP contribution in [0.15, 0.2) is 280 Å². The van der Waals surface area contributed by atoms with Gasteiger partial charge in [0.25, 0.3) is 0 Å². The Labute approximate surface area is 616 Å². The van der Waals surface area contributed by atoms with E-state index in [9.17, 15) is 27.2 Å². The first-order chi connectivity index (χ1) is 52.4. The molecule has 0 aliphatic carbocycles. The number of hydrogen-bond acceptors (Lipinski definition) is 16. The fourth-order valence-electron chi connectivity index (χ4n) is 11.1. The van der Waals surface area contributed by atoms with E-state index in [1.807, 2.05) is 143 Å². The molecule has 10 heterocycles. The van der Waals surface area contributed by atoms with Crippen molar-refractivity contribution < 1.29 is 36.6 Å². The maximum atomic E-state index is 13.4. The number of carbonyl (C=O) groups excluding carboxylic acids is 2. The number of carbonyl (C=O) groups is 2. The molecule has 2 aliphatic rings. The number of amides is 2. The van der Waals surface area contributed by atoms with Gasteiger partial charge in [0.1, 0.15) is 40.6 Å². The van der Waals surface area contributed by atoms with Gasteiger partial charge in [-0.25, -0.2) is 41.4 Å². The number of nitrogen functional groups attached to an aromatic ring is 2. The van der Waals surface area contributed by atoms with Crippen LogP contribution < -0.4 is 31.5 Å². The van der Waals surface area contributed by atoms with Gasteiger partial charge in [-0.05, 0) is 223 Å². The average molecular weight is 1440 g/mol. The third-order valence-electron chi connectivity index (χ3n) is 16.8. The number of anilines is 6. The zero-order valence-electron chi connectivity index (χ0n) is 58.4. The van der Waals surface area contributed by atoms with Crippen molar-refractivity contribution in [1.29, 1.82) is 0 Å². The molecule has 0 bridgehead atoms. The smallest absolute Gasteiger partial charge is 0.326 e. The molecule has 2 amide bonds. The van der Waals surface area contributed by atoms with Gasteiger partial charge in [0.05, 0.1) is 50.5 Å². The Balaban J connectivity index is 0.000000141. The molecule has 20 nitrogen and oxygen atoms in total. The zero-order chi connectivity index (χ0) is 74.4. The monoisotopic (exact) mass is 1440 g/mol. The summed E-state index contributed by atoms with van der Waals surface area (Å²) in [4.78, 5) is 55.1. The molecule has 0 spiro atoms. The largest absolute Gasteiger partial charge is 0.399 e. The van der Waals surface area contributed by atoms with Crippen LogP contribution in [0.2, 0.25) is 0 Å². The van der Waals surface area contributed by atoms with Gasteiger partial charge in [-0.2, -0.15) is 0 Å². The standard InChI is InChI=1S/C29H26FN7O2.C16H17N5O.2C13H12FN.C7H5FO.C5H6N2/c30-23-9-5-21(6-10-23)20-36(25-3-1-13-31-19-25)29(38)32-24-11-7-22(8-12-24)27-33-28(35-15-17-39-18-16-35)26-4-2-14-37(26)34-27;17-13-5-3-12(4-6-13)15-18-16(20-8-10-22-11-9-20)14-2-1-7-21(14)19-15;2*14-13-7-5-11(6-8-13)3-4-12-2-1-9-15-10-12;8-7-3-1-6(5-9)2-4-7;6-5-2-1-3-7-4-5/h1-14,19H,15-18,20H2,(H,32,38);1-7H,8-11,17H2;2*1-2,5-10H,3-4H2;1-5H;1-4H,6H2. The van der Waals surface area contributed by atoms with E-state index in [4.69, 9.17) is 36.0 Å². The highest BCUT2D eigenvalue weighted by atomic mass is 19.1. The highest BCUT2D eigenvalue weighted by Gasteiger charge is 2.22. The number of ether oxygens (including phenoxy) is 2. The van der Waals surface area contributed by atoms with Crippen LogP contribution in [-0.4, -0.2) is 114 Å². The summed E-state index contributed by atoms with van der Waals surface area (Å²) in [5.74, 6) is 2.11. The predicted molar refractivity (Wildman–Crippen MR) is 410 cm³/mol. The van der Waals surface area contributed by atoms with Gasteiger partial charge in [0.15, 0.2) is 23.3 Å². The maximum Gasteiger partial charge on any atom is 0.326 e. The van der Waals surface area contributed by atoms with Crippen molar-refractivity contribution in [3.8, 4) is 22.8 Å². The lowest BCUT2D eigenvalue weighted by molar-refractivity contribution is 0.112. The van der Waals surface area contributed by atoms with Gasteiger partial charge in [-0.1, -0.05) is 48.5 Å². The van der Waals surface area contributed by atoms with Crippen molar-refractivity contribution in [2.24, 2.45) is 0 Å². The Morgan fingerprint density at radius 1 is 0.439 bits per heavy atom. The molecule has 14 aromatic rings. The van der Waals surface area contributed by atoms with Crippen molar-refractivity contribution in [3.63, 3.8) is 0 Å². The number of aldehydes is 1. The summed E-state index contributed by atoms with van der Waals surface area (Å²) >= 11 is 0. The van der Waals surface area contributed by atoms with Crippen LogP contribution in [0, 0.1) is 23.3 Å². The minimum Gasteiger partial charge on any atom is -0.399 e. The quantitative estimate of drug-likeness (QED) is 0.0491. The van der Waals surface area contributed by atoms with Gasteiger partial charge in [0, 0.05) is 110 Å². The summed E-state index contributed by atoms with van der Waals surface area (Å²) in [7, 11) is 0. The number of nitrogens with two attached hydrogens (primary N) is 2. The molecule has 5 N–H and O–H groups in total. The number of aryl methyl sites for hydroxylation is 4. The average Bonchev–Trinajstić information content (AvgIpc) is 1.69. The lowest BCUT2D eigenvalue weighted by Gasteiger charge is -2.28. The van der Waals surface area contributed by atoms with Crippen molar-refractivity contribution in [1.82, 2.24) is 49.1 Å². The summed E-state index contributed by atoms with van der Waals surface area (Å²) in [5, 5.41) is 12.2. The highest BCUT2D eigenvalue weighted by molar-refractivity contribution is 6.01. The van der Waals surface area contributed by atoms with E-state index in [0.717, 1.165) is 121 Å². The zero-order valence-corrected chi connectivity index (χ0v) is 58.4. The summed E-state index contributed by atoms with van der Waals surface area (Å²) in [6, 6.07) is 62.6. The van der Waals surface area contributed by atoms with Gasteiger partial charge >= 0.3 is 6.03 Å². The molecule has 24 heteroatoms. The Kier molecular flexibility index (Phi) is 27.4. The third-order valence-corrected chi connectivity index (χ3v) is 16.8. The van der Waals surface area contributed by atoms with E-state index in [-0.39, 0.29) is 35.8 Å². The number of nitrogens with zero attached hydrogens (tertiary/aromatic N) is 13. The molecule has 0 radical (unpaired) electrons. The Bertz CT molecular complexity index is 4910. The summed E-state index contributed by atoms with van der Waals surface area (Å²) in [6.07, 6.45) is 22.1. The SMILES string of the molecule is Fc1ccc(CCc2cccnc2)cc1.Fc1ccc(CCc2cccnc2)cc1.Nc1ccc(-c2nc(N3CCOCC3)c3cccn3n2)cc1.Nc1cccnc1.O=C(Nc1ccc(-c2nc(N3CCOCC3)c3cccn3n2)cc1)N(Cc1ccc(F)cc1)c1cccnc1.O=Cc1ccc(F)cc1. The first-order valence-electron chi connectivity index (χ1n) is 34.5. The molecule has 0 unspecified atom stereocenters. The lowest BCUT2D eigenvalue weighted by atomic mass is 10.1. The number of hydrogen-bond donors (Lipinski definition) is 3. The van der Waals surface area contributed by atoms with E-state index >= 15 is 0 Å². The second-order valence-electron chi connectivity index (χ2n) is 24.4. The van der Waals surface area contributed by atoms with Crippen LogP contribution in [0.1, 0.15) is 38.2 Å². The van der Waals surface area contributed by atoms with Crippen molar-refractivity contribution in [3.05, 3.63) is 337 Å². The molecule has 2 aliphatic heterocycles. The Hall–Kier alpha value is -13.1. The van der Waals surface area contributed by atoms with Crippen LogP contribution >= 0.6 is 0 Å².